The van der Waals surface area contributed by atoms with Crippen LogP contribution in [0.3, 0.4) is 0 Å². The molecule has 6 heteroatoms. The maximum Gasteiger partial charge on any atom is 0.240 e. The Morgan fingerprint density at radius 3 is 2.00 bits per heavy atom. The second kappa shape index (κ2) is 7.87. The molecule has 0 aliphatic rings. The van der Waals surface area contributed by atoms with E-state index in [9.17, 15) is 8.42 Å². The first-order valence-corrected chi connectivity index (χ1v) is 9.31. The van der Waals surface area contributed by atoms with Crippen LogP contribution in [0.5, 0.6) is 0 Å². The molecular formula is C16H19BrN2O2S. The first-order valence-electron chi connectivity index (χ1n) is 7.03. The zero-order valence-corrected chi connectivity index (χ0v) is 14.7. The average molecular weight is 383 g/mol. The highest BCUT2D eigenvalue weighted by Gasteiger charge is 2.13. The van der Waals surface area contributed by atoms with E-state index in [1.165, 1.54) is 0 Å². The van der Waals surface area contributed by atoms with Crippen molar-refractivity contribution >= 4 is 26.0 Å². The molecule has 0 spiro atoms. The summed E-state index contributed by atoms with van der Waals surface area (Å²) in [6, 6.07) is 14.8. The lowest BCUT2D eigenvalue weighted by molar-refractivity contribution is 0.577. The Morgan fingerprint density at radius 1 is 0.909 bits per heavy atom. The maximum absolute atomic E-state index is 12.2. The second-order valence-corrected chi connectivity index (χ2v) is 7.57. The first kappa shape index (κ1) is 17.1. The number of hydrogen-bond acceptors (Lipinski definition) is 3. The van der Waals surface area contributed by atoms with Gasteiger partial charge in [-0.05, 0) is 55.4 Å². The van der Waals surface area contributed by atoms with E-state index in [1.54, 1.807) is 12.1 Å². The van der Waals surface area contributed by atoms with Crippen LogP contribution in [0, 0.1) is 0 Å². The Balaban J connectivity index is 2.09. The Morgan fingerprint density at radius 2 is 1.45 bits per heavy atom. The molecule has 0 bridgehead atoms. The van der Waals surface area contributed by atoms with Crippen molar-refractivity contribution in [1.29, 1.82) is 0 Å². The molecule has 2 rings (SSSR count). The molecule has 2 aromatic rings. The summed E-state index contributed by atoms with van der Waals surface area (Å²) in [4.78, 5) is 0.290. The summed E-state index contributed by atoms with van der Waals surface area (Å²) in [6.45, 7) is 1.21. The maximum atomic E-state index is 12.2. The summed E-state index contributed by atoms with van der Waals surface area (Å²) >= 11 is 3.40. The number of nitrogens with one attached hydrogen (secondary N) is 2. The van der Waals surface area contributed by atoms with Gasteiger partial charge in [-0.25, -0.2) is 13.1 Å². The van der Waals surface area contributed by atoms with E-state index in [2.05, 4.69) is 26.0 Å². The quantitative estimate of drug-likeness (QED) is 0.723. The molecule has 4 nitrogen and oxygen atoms in total. The lowest BCUT2D eigenvalue weighted by Crippen LogP contribution is -2.26. The third-order valence-corrected chi connectivity index (χ3v) is 5.24. The number of benzene rings is 2. The normalized spacial score (nSPS) is 11.5. The van der Waals surface area contributed by atoms with E-state index in [0.29, 0.717) is 6.54 Å². The smallest absolute Gasteiger partial charge is 0.240 e. The summed E-state index contributed by atoms with van der Waals surface area (Å²) < 4.78 is 27.9. The van der Waals surface area contributed by atoms with Crippen LogP contribution in [0.2, 0.25) is 0 Å². The van der Waals surface area contributed by atoms with Crippen molar-refractivity contribution in [3.63, 3.8) is 0 Å². The minimum Gasteiger partial charge on any atom is -0.320 e. The third kappa shape index (κ3) is 4.64. The molecule has 0 heterocycles. The lowest BCUT2D eigenvalue weighted by atomic mass is 10.1. The summed E-state index contributed by atoms with van der Waals surface area (Å²) in [5, 5.41) is 2.99. The fourth-order valence-corrected chi connectivity index (χ4v) is 3.36. The van der Waals surface area contributed by atoms with Gasteiger partial charge in [0.25, 0.3) is 0 Å². The molecule has 0 aliphatic heterocycles. The molecule has 0 unspecified atom stereocenters. The summed E-state index contributed by atoms with van der Waals surface area (Å²) in [7, 11) is -1.59. The van der Waals surface area contributed by atoms with Crippen molar-refractivity contribution in [2.45, 2.75) is 11.3 Å². The first-order chi connectivity index (χ1) is 10.5. The van der Waals surface area contributed by atoms with E-state index < -0.39 is 10.0 Å². The summed E-state index contributed by atoms with van der Waals surface area (Å²) in [6.07, 6.45) is 0.757. The minimum atomic E-state index is -3.43. The van der Waals surface area contributed by atoms with Crippen LogP contribution < -0.4 is 10.0 Å². The largest absolute Gasteiger partial charge is 0.320 e. The SMILES string of the molecule is CNCCCNS(=O)(=O)c1ccc(-c2ccc(Br)cc2)cc1. The molecule has 0 radical (unpaired) electrons. The molecule has 0 aromatic heterocycles. The van der Waals surface area contributed by atoms with Gasteiger partial charge in [-0.2, -0.15) is 0 Å². The van der Waals surface area contributed by atoms with Crippen LogP contribution in [0.4, 0.5) is 0 Å². The van der Waals surface area contributed by atoms with Crippen LogP contribution in [-0.2, 0) is 10.0 Å². The van der Waals surface area contributed by atoms with Crippen LogP contribution in [0.15, 0.2) is 57.9 Å². The van der Waals surface area contributed by atoms with E-state index in [4.69, 9.17) is 0 Å². The van der Waals surface area contributed by atoms with Crippen molar-refractivity contribution in [3.05, 3.63) is 53.0 Å². The van der Waals surface area contributed by atoms with Crippen molar-refractivity contribution < 1.29 is 8.42 Å². The molecule has 0 saturated heterocycles. The molecule has 0 aliphatic carbocycles. The predicted octanol–water partition coefficient (Wildman–Crippen LogP) is 3.00. The lowest BCUT2D eigenvalue weighted by Gasteiger charge is -2.08. The Bertz CT molecular complexity index is 698. The van der Waals surface area contributed by atoms with Crippen LogP contribution in [0.25, 0.3) is 11.1 Å². The van der Waals surface area contributed by atoms with Crippen molar-refractivity contribution in [2.75, 3.05) is 20.1 Å². The van der Waals surface area contributed by atoms with Crippen LogP contribution >= 0.6 is 15.9 Å². The van der Waals surface area contributed by atoms with Crippen molar-refractivity contribution in [3.8, 4) is 11.1 Å². The highest BCUT2D eigenvalue weighted by Crippen LogP contribution is 2.23. The number of hydrogen-bond donors (Lipinski definition) is 2. The predicted molar refractivity (Wildman–Crippen MR) is 93.3 cm³/mol. The van der Waals surface area contributed by atoms with Crippen LogP contribution in [0.1, 0.15) is 6.42 Å². The van der Waals surface area contributed by atoms with Gasteiger partial charge >= 0.3 is 0 Å². The Labute approximate surface area is 140 Å². The van der Waals surface area contributed by atoms with Gasteiger partial charge in [0.15, 0.2) is 0 Å². The van der Waals surface area contributed by atoms with Gasteiger partial charge in [-0.15, -0.1) is 0 Å². The molecule has 22 heavy (non-hydrogen) atoms. The molecule has 0 fully saturated rings. The fourth-order valence-electron chi connectivity index (χ4n) is 2.02. The van der Waals surface area contributed by atoms with E-state index in [0.717, 1.165) is 28.6 Å². The van der Waals surface area contributed by atoms with Gasteiger partial charge in [-0.1, -0.05) is 40.2 Å². The van der Waals surface area contributed by atoms with E-state index in [1.807, 2.05) is 43.4 Å². The standard InChI is InChI=1S/C16H19BrN2O2S/c1-18-11-2-12-19-22(20,21)16-9-5-14(6-10-16)13-3-7-15(17)8-4-13/h3-10,18-19H,2,11-12H2,1H3. The summed E-state index contributed by atoms with van der Waals surface area (Å²) in [5.41, 5.74) is 2.04. The molecule has 118 valence electrons. The van der Waals surface area contributed by atoms with E-state index >= 15 is 0 Å². The van der Waals surface area contributed by atoms with Crippen molar-refractivity contribution in [1.82, 2.24) is 10.0 Å². The van der Waals surface area contributed by atoms with E-state index in [-0.39, 0.29) is 4.90 Å². The number of rotatable bonds is 7. The second-order valence-electron chi connectivity index (χ2n) is 4.89. The molecule has 0 atom stereocenters. The molecule has 0 amide bonds. The topological polar surface area (TPSA) is 58.2 Å². The zero-order valence-electron chi connectivity index (χ0n) is 12.3. The Kier molecular flexibility index (Phi) is 6.14. The molecule has 2 aromatic carbocycles. The monoisotopic (exact) mass is 382 g/mol. The minimum absolute atomic E-state index is 0.290. The molecule has 0 saturated carbocycles. The van der Waals surface area contributed by atoms with Gasteiger partial charge < -0.3 is 5.32 Å². The van der Waals surface area contributed by atoms with Crippen molar-refractivity contribution in [2.24, 2.45) is 0 Å². The van der Waals surface area contributed by atoms with Gasteiger partial charge in [0.05, 0.1) is 4.90 Å². The van der Waals surface area contributed by atoms with Gasteiger partial charge in [-0.3, -0.25) is 0 Å². The average Bonchev–Trinajstić information content (AvgIpc) is 2.52. The number of halogens is 1. The molecule has 2 N–H and O–H groups in total. The van der Waals surface area contributed by atoms with Gasteiger partial charge in [0, 0.05) is 11.0 Å². The fraction of sp³-hybridized carbons (Fsp3) is 0.250. The highest BCUT2D eigenvalue weighted by molar-refractivity contribution is 9.10. The third-order valence-electron chi connectivity index (χ3n) is 3.24. The zero-order chi connectivity index (χ0) is 16.0. The van der Waals surface area contributed by atoms with Gasteiger partial charge in [0.1, 0.15) is 0 Å². The number of sulfonamides is 1. The highest BCUT2D eigenvalue weighted by atomic mass is 79.9. The summed E-state index contributed by atoms with van der Waals surface area (Å²) in [5.74, 6) is 0. The molecular weight excluding hydrogens is 364 g/mol. The Hall–Kier alpha value is -1.21. The van der Waals surface area contributed by atoms with Gasteiger partial charge in [0.2, 0.25) is 10.0 Å². The van der Waals surface area contributed by atoms with Crippen LogP contribution in [-0.4, -0.2) is 28.6 Å².